The number of carbonyl (C=O) groups excluding carboxylic acids is 1. The van der Waals surface area contributed by atoms with Crippen LogP contribution in [-0.4, -0.2) is 27.2 Å². The molecule has 4 N–H and O–H groups in total. The van der Waals surface area contributed by atoms with Crippen LogP contribution in [0, 0.1) is 0 Å². The first-order valence-electron chi connectivity index (χ1n) is 4.83. The molecule has 0 saturated heterocycles. The largest absolute Gasteiger partial charge is 0.508 e. The Hall–Kier alpha value is -2.69. The molecule has 0 aliphatic heterocycles. The standard InChI is InChI=1S/2C6H6O2.CH2O/c2*7-5-1-2-6(8)4-3-5;1-2/h2*1-4,7-8H;1H2. The van der Waals surface area contributed by atoms with Gasteiger partial charge in [-0.1, -0.05) is 0 Å². The Kier molecular flexibility index (Phi) is 7.20. The SMILES string of the molecule is C=O.Oc1ccc(O)cc1.Oc1ccc(O)cc1. The summed E-state index contributed by atoms with van der Waals surface area (Å²) in [7, 11) is 0. The molecule has 0 aromatic heterocycles. The van der Waals surface area contributed by atoms with Gasteiger partial charge in [0, 0.05) is 0 Å². The van der Waals surface area contributed by atoms with E-state index in [4.69, 9.17) is 25.2 Å². The normalized spacial score (nSPS) is 8.22. The minimum Gasteiger partial charge on any atom is -0.508 e. The van der Waals surface area contributed by atoms with Crippen LogP contribution in [0.4, 0.5) is 0 Å². The van der Waals surface area contributed by atoms with Gasteiger partial charge in [-0.05, 0) is 48.5 Å². The predicted octanol–water partition coefficient (Wildman–Crippen LogP) is 2.01. The molecule has 0 saturated carbocycles. The molecule has 0 atom stereocenters. The molecule has 0 aliphatic carbocycles. The molecule has 2 rings (SSSR count). The highest BCUT2D eigenvalue weighted by Crippen LogP contribution is 2.13. The summed E-state index contributed by atoms with van der Waals surface area (Å²) < 4.78 is 0. The summed E-state index contributed by atoms with van der Waals surface area (Å²) in [6, 6.07) is 11.4. The molecule has 0 spiro atoms. The number of carbonyl (C=O) groups is 1. The summed E-state index contributed by atoms with van der Waals surface area (Å²) >= 11 is 0. The van der Waals surface area contributed by atoms with Gasteiger partial charge in [0.1, 0.15) is 29.8 Å². The van der Waals surface area contributed by atoms with Gasteiger partial charge < -0.3 is 25.2 Å². The number of aromatic hydroxyl groups is 4. The lowest BCUT2D eigenvalue weighted by Crippen LogP contribution is -1.61. The van der Waals surface area contributed by atoms with Crippen LogP contribution < -0.4 is 0 Å². The molecule has 2 aromatic rings. The minimum absolute atomic E-state index is 0.169. The minimum atomic E-state index is 0.169. The topological polar surface area (TPSA) is 98.0 Å². The van der Waals surface area contributed by atoms with Crippen molar-refractivity contribution in [3.05, 3.63) is 48.5 Å². The maximum absolute atomic E-state index is 8.65. The Labute approximate surface area is 104 Å². The monoisotopic (exact) mass is 250 g/mol. The third kappa shape index (κ3) is 6.73. The number of rotatable bonds is 0. The highest BCUT2D eigenvalue weighted by atomic mass is 16.3. The van der Waals surface area contributed by atoms with Gasteiger partial charge in [0.05, 0.1) is 0 Å². The molecular formula is C13H14O5. The van der Waals surface area contributed by atoms with E-state index in [9.17, 15) is 0 Å². The van der Waals surface area contributed by atoms with E-state index in [2.05, 4.69) is 0 Å². The number of phenolic OH excluding ortho intramolecular Hbond substituents is 4. The molecule has 0 heterocycles. The van der Waals surface area contributed by atoms with Gasteiger partial charge in [-0.2, -0.15) is 0 Å². The maximum Gasteiger partial charge on any atom is 0.115 e. The summed E-state index contributed by atoms with van der Waals surface area (Å²) in [6.07, 6.45) is 0. The van der Waals surface area contributed by atoms with Gasteiger partial charge in [-0.25, -0.2) is 0 Å². The Morgan fingerprint density at radius 3 is 0.722 bits per heavy atom. The third-order valence-corrected chi connectivity index (χ3v) is 1.70. The number of hydrogen-bond acceptors (Lipinski definition) is 5. The summed E-state index contributed by atoms with van der Waals surface area (Å²) in [6.45, 7) is 2.00. The quantitative estimate of drug-likeness (QED) is 0.536. The summed E-state index contributed by atoms with van der Waals surface area (Å²) in [4.78, 5) is 8.00. The van der Waals surface area contributed by atoms with Crippen molar-refractivity contribution in [1.82, 2.24) is 0 Å². The van der Waals surface area contributed by atoms with Gasteiger partial charge >= 0.3 is 0 Å². The second-order valence-electron chi connectivity index (χ2n) is 3.03. The van der Waals surface area contributed by atoms with Gasteiger partial charge in [0.15, 0.2) is 0 Å². The van der Waals surface area contributed by atoms with Crippen molar-refractivity contribution in [2.45, 2.75) is 0 Å². The highest BCUT2D eigenvalue weighted by molar-refractivity contribution is 5.29. The lowest BCUT2D eigenvalue weighted by molar-refractivity contribution is -0.0979. The molecule has 5 nitrogen and oxygen atoms in total. The van der Waals surface area contributed by atoms with Crippen molar-refractivity contribution in [3.63, 3.8) is 0 Å². The molecule has 2 aromatic carbocycles. The van der Waals surface area contributed by atoms with Crippen LogP contribution >= 0.6 is 0 Å². The van der Waals surface area contributed by atoms with Crippen LogP contribution in [-0.2, 0) is 4.79 Å². The third-order valence-electron chi connectivity index (χ3n) is 1.70. The first-order valence-corrected chi connectivity index (χ1v) is 4.83. The molecule has 0 unspecified atom stereocenters. The molecule has 96 valence electrons. The summed E-state index contributed by atoms with van der Waals surface area (Å²) in [5.41, 5.74) is 0. The molecule has 5 heteroatoms. The van der Waals surface area contributed by atoms with E-state index >= 15 is 0 Å². The Bertz CT molecular complexity index is 350. The van der Waals surface area contributed by atoms with Gasteiger partial charge in [0.25, 0.3) is 0 Å². The van der Waals surface area contributed by atoms with Crippen molar-refractivity contribution < 1.29 is 25.2 Å². The van der Waals surface area contributed by atoms with Gasteiger partial charge in [-0.15, -0.1) is 0 Å². The van der Waals surface area contributed by atoms with E-state index in [1.165, 1.54) is 48.5 Å². The molecule has 0 aliphatic rings. The van der Waals surface area contributed by atoms with Crippen molar-refractivity contribution in [2.24, 2.45) is 0 Å². The molecule has 0 fully saturated rings. The zero-order valence-corrected chi connectivity index (χ0v) is 9.52. The number of phenols is 4. The summed E-state index contributed by atoms with van der Waals surface area (Å²) in [5, 5.41) is 34.6. The second-order valence-corrected chi connectivity index (χ2v) is 3.03. The molecule has 0 bridgehead atoms. The predicted molar refractivity (Wildman–Crippen MR) is 66.7 cm³/mol. The zero-order chi connectivity index (χ0) is 14.0. The van der Waals surface area contributed by atoms with E-state index in [-0.39, 0.29) is 23.0 Å². The van der Waals surface area contributed by atoms with E-state index in [1.54, 1.807) is 0 Å². The lowest BCUT2D eigenvalue weighted by atomic mass is 10.3. The van der Waals surface area contributed by atoms with E-state index in [0.29, 0.717) is 0 Å². The average molecular weight is 250 g/mol. The number of benzene rings is 2. The second kappa shape index (κ2) is 8.46. The average Bonchev–Trinajstić information content (AvgIpc) is 2.40. The first kappa shape index (κ1) is 15.3. The molecular weight excluding hydrogens is 236 g/mol. The highest BCUT2D eigenvalue weighted by Gasteiger charge is 1.84. The smallest absolute Gasteiger partial charge is 0.115 e. The van der Waals surface area contributed by atoms with Crippen LogP contribution in [0.2, 0.25) is 0 Å². The fourth-order valence-electron chi connectivity index (χ4n) is 0.905. The van der Waals surface area contributed by atoms with Crippen molar-refractivity contribution in [2.75, 3.05) is 0 Å². The van der Waals surface area contributed by atoms with Crippen molar-refractivity contribution in [1.29, 1.82) is 0 Å². The van der Waals surface area contributed by atoms with E-state index in [1.807, 2.05) is 6.79 Å². The fourth-order valence-corrected chi connectivity index (χ4v) is 0.905. The van der Waals surface area contributed by atoms with E-state index < -0.39 is 0 Å². The zero-order valence-electron chi connectivity index (χ0n) is 9.52. The van der Waals surface area contributed by atoms with Crippen LogP contribution in [0.15, 0.2) is 48.5 Å². The maximum atomic E-state index is 8.65. The van der Waals surface area contributed by atoms with Crippen molar-refractivity contribution >= 4 is 6.79 Å². The van der Waals surface area contributed by atoms with Crippen LogP contribution in [0.25, 0.3) is 0 Å². The Balaban J connectivity index is 0.000000283. The van der Waals surface area contributed by atoms with Gasteiger partial charge in [0.2, 0.25) is 0 Å². The van der Waals surface area contributed by atoms with Crippen molar-refractivity contribution in [3.8, 4) is 23.0 Å². The number of hydrogen-bond donors (Lipinski definition) is 4. The molecule has 0 radical (unpaired) electrons. The molecule has 0 amide bonds. The summed E-state index contributed by atoms with van der Waals surface area (Å²) in [5.74, 6) is 0.677. The fraction of sp³-hybridized carbons (Fsp3) is 0. The van der Waals surface area contributed by atoms with Crippen LogP contribution in [0.5, 0.6) is 23.0 Å². The Morgan fingerprint density at radius 1 is 0.500 bits per heavy atom. The Morgan fingerprint density at radius 2 is 0.611 bits per heavy atom. The van der Waals surface area contributed by atoms with Gasteiger partial charge in [-0.3, -0.25) is 0 Å². The van der Waals surface area contributed by atoms with E-state index in [0.717, 1.165) is 0 Å². The molecule has 18 heavy (non-hydrogen) atoms. The lowest BCUT2D eigenvalue weighted by Gasteiger charge is -1.88. The first-order chi connectivity index (χ1) is 8.58. The van der Waals surface area contributed by atoms with Crippen LogP contribution in [0.1, 0.15) is 0 Å². The van der Waals surface area contributed by atoms with Crippen LogP contribution in [0.3, 0.4) is 0 Å².